The summed E-state index contributed by atoms with van der Waals surface area (Å²) in [6.07, 6.45) is 0.687. The van der Waals surface area contributed by atoms with Gasteiger partial charge in [-0.15, -0.1) is 0 Å². The Balaban J connectivity index is 1.57. The Labute approximate surface area is 202 Å². The van der Waals surface area contributed by atoms with Gasteiger partial charge in [0.2, 0.25) is 5.13 Å². The lowest BCUT2D eigenvalue weighted by Crippen LogP contribution is -2.11. The van der Waals surface area contributed by atoms with Crippen LogP contribution in [0.15, 0.2) is 48.5 Å². The van der Waals surface area contributed by atoms with E-state index < -0.39 is 0 Å². The number of carbonyl (C=O) groups is 1. The van der Waals surface area contributed by atoms with E-state index in [1.807, 2.05) is 80.9 Å². The van der Waals surface area contributed by atoms with Crippen LogP contribution >= 0.6 is 22.9 Å². The van der Waals surface area contributed by atoms with Gasteiger partial charge in [-0.1, -0.05) is 41.1 Å². The Kier molecular flexibility index (Phi) is 6.81. The average Bonchev–Trinajstić information content (AvgIpc) is 3.31. The zero-order valence-corrected chi connectivity index (χ0v) is 20.5. The molecule has 0 spiro atoms. The van der Waals surface area contributed by atoms with Gasteiger partial charge in [0.05, 0.1) is 18.0 Å². The Morgan fingerprint density at radius 2 is 1.82 bits per heavy atom. The number of amides is 1. The van der Waals surface area contributed by atoms with Crippen molar-refractivity contribution in [3.63, 3.8) is 0 Å². The Morgan fingerprint density at radius 3 is 2.52 bits per heavy atom. The van der Waals surface area contributed by atoms with Crippen molar-refractivity contribution in [2.75, 3.05) is 11.9 Å². The molecule has 2 aromatic carbocycles. The number of hydrogen-bond acceptors (Lipinski definition) is 5. The van der Waals surface area contributed by atoms with Gasteiger partial charge in [0, 0.05) is 28.4 Å². The van der Waals surface area contributed by atoms with Crippen molar-refractivity contribution in [3.8, 4) is 10.9 Å². The van der Waals surface area contributed by atoms with Gasteiger partial charge in [-0.2, -0.15) is 5.10 Å². The van der Waals surface area contributed by atoms with Crippen LogP contribution in [0, 0.1) is 20.8 Å². The van der Waals surface area contributed by atoms with Gasteiger partial charge in [-0.05, 0) is 63.6 Å². The van der Waals surface area contributed by atoms with E-state index in [1.54, 1.807) is 0 Å². The number of halogens is 1. The second-order valence-electron chi connectivity index (χ2n) is 7.65. The number of aromatic nitrogens is 3. The van der Waals surface area contributed by atoms with Crippen LogP contribution in [0.2, 0.25) is 5.02 Å². The molecule has 0 saturated carbocycles. The number of thiazole rings is 1. The van der Waals surface area contributed by atoms with Gasteiger partial charge in [-0.3, -0.25) is 4.79 Å². The number of nitrogens with zero attached hydrogens (tertiary/aromatic N) is 3. The molecule has 33 heavy (non-hydrogen) atoms. The van der Waals surface area contributed by atoms with Gasteiger partial charge < -0.3 is 10.1 Å². The molecule has 2 heterocycles. The minimum atomic E-state index is -0.196. The van der Waals surface area contributed by atoms with Crippen molar-refractivity contribution in [2.45, 2.75) is 34.1 Å². The maximum atomic E-state index is 12.9. The molecule has 1 N–H and O–H groups in total. The fraction of sp³-hybridized carbons (Fsp3) is 0.240. The molecule has 0 saturated heterocycles. The molecule has 0 aliphatic heterocycles. The van der Waals surface area contributed by atoms with Crippen molar-refractivity contribution in [1.29, 1.82) is 0 Å². The molecule has 8 heteroatoms. The summed E-state index contributed by atoms with van der Waals surface area (Å²) in [6, 6.07) is 15.1. The summed E-state index contributed by atoms with van der Waals surface area (Å²) in [4.78, 5) is 18.1. The number of nitrogens with one attached hydrogen (secondary N) is 1. The SMILES string of the molecule is CCOc1ccc(NC(=O)c2sc(-n3nc(C)c(Cc4ccccc4Cl)c3C)nc2C)cc1. The first-order valence-corrected chi connectivity index (χ1v) is 11.9. The highest BCUT2D eigenvalue weighted by Crippen LogP contribution is 2.28. The summed E-state index contributed by atoms with van der Waals surface area (Å²) in [5.74, 6) is 0.571. The standard InChI is InChI=1S/C25H25ClN4O2S/c1-5-32-20-12-10-19(11-13-20)28-24(31)23-16(3)27-25(33-23)30-17(4)21(15(2)29-30)14-18-8-6-7-9-22(18)26/h6-13H,5,14H2,1-4H3,(H,28,31). The maximum Gasteiger partial charge on any atom is 0.267 e. The zero-order chi connectivity index (χ0) is 23.5. The van der Waals surface area contributed by atoms with Crippen molar-refractivity contribution < 1.29 is 9.53 Å². The van der Waals surface area contributed by atoms with Crippen molar-refractivity contribution in [1.82, 2.24) is 14.8 Å². The van der Waals surface area contributed by atoms with Crippen LogP contribution in [0.1, 0.15) is 44.8 Å². The topological polar surface area (TPSA) is 69.0 Å². The van der Waals surface area contributed by atoms with E-state index in [9.17, 15) is 4.79 Å². The third-order valence-electron chi connectivity index (χ3n) is 5.36. The number of benzene rings is 2. The van der Waals surface area contributed by atoms with E-state index >= 15 is 0 Å². The second-order valence-corrected chi connectivity index (χ2v) is 9.04. The van der Waals surface area contributed by atoms with Crippen LogP contribution in [0.25, 0.3) is 5.13 Å². The Bertz CT molecular complexity index is 1290. The lowest BCUT2D eigenvalue weighted by molar-refractivity contribution is 0.103. The first-order chi connectivity index (χ1) is 15.9. The van der Waals surface area contributed by atoms with Crippen LogP contribution in [-0.4, -0.2) is 27.3 Å². The predicted octanol–water partition coefficient (Wildman–Crippen LogP) is 6.15. The Hall–Kier alpha value is -3.16. The number of ether oxygens (including phenoxy) is 1. The smallest absolute Gasteiger partial charge is 0.267 e. The van der Waals surface area contributed by atoms with Crippen molar-refractivity contribution >= 4 is 34.5 Å². The van der Waals surface area contributed by atoms with Crippen molar-refractivity contribution in [2.24, 2.45) is 0 Å². The normalized spacial score (nSPS) is 10.9. The summed E-state index contributed by atoms with van der Waals surface area (Å²) in [6.45, 7) is 8.37. The Morgan fingerprint density at radius 1 is 1.09 bits per heavy atom. The van der Waals surface area contributed by atoms with Crippen LogP contribution < -0.4 is 10.1 Å². The van der Waals surface area contributed by atoms with Gasteiger partial charge in [-0.25, -0.2) is 9.67 Å². The molecule has 0 fully saturated rings. The van der Waals surface area contributed by atoms with E-state index in [-0.39, 0.29) is 5.91 Å². The largest absolute Gasteiger partial charge is 0.494 e. The van der Waals surface area contributed by atoms with Gasteiger partial charge in [0.25, 0.3) is 5.91 Å². The van der Waals surface area contributed by atoms with Gasteiger partial charge in [0.1, 0.15) is 10.6 Å². The highest BCUT2D eigenvalue weighted by Gasteiger charge is 2.20. The maximum absolute atomic E-state index is 12.9. The highest BCUT2D eigenvalue weighted by atomic mass is 35.5. The summed E-state index contributed by atoms with van der Waals surface area (Å²) >= 11 is 7.69. The molecule has 0 bridgehead atoms. The summed E-state index contributed by atoms with van der Waals surface area (Å²) < 4.78 is 7.26. The average molecular weight is 481 g/mol. The molecule has 2 aromatic heterocycles. The number of anilines is 1. The first kappa shape index (κ1) is 23.0. The van der Waals surface area contributed by atoms with Crippen LogP contribution in [0.5, 0.6) is 5.75 Å². The molecule has 170 valence electrons. The lowest BCUT2D eigenvalue weighted by Gasteiger charge is -2.06. The molecule has 1 amide bonds. The van der Waals surface area contributed by atoms with Crippen LogP contribution in [0.3, 0.4) is 0 Å². The monoisotopic (exact) mass is 480 g/mol. The van der Waals surface area contributed by atoms with Crippen LogP contribution in [-0.2, 0) is 6.42 Å². The first-order valence-electron chi connectivity index (χ1n) is 10.7. The number of hydrogen-bond donors (Lipinski definition) is 1. The van der Waals surface area contributed by atoms with Crippen molar-refractivity contribution in [3.05, 3.63) is 86.6 Å². The molecular formula is C25H25ClN4O2S. The quantitative estimate of drug-likeness (QED) is 0.344. The molecule has 4 aromatic rings. The fourth-order valence-electron chi connectivity index (χ4n) is 3.62. The molecule has 0 atom stereocenters. The lowest BCUT2D eigenvalue weighted by atomic mass is 10.0. The predicted molar refractivity (Wildman–Crippen MR) is 133 cm³/mol. The van der Waals surface area contributed by atoms with Crippen LogP contribution in [0.4, 0.5) is 5.69 Å². The van der Waals surface area contributed by atoms with Gasteiger partial charge in [0.15, 0.2) is 0 Å². The number of rotatable bonds is 7. The minimum absolute atomic E-state index is 0.196. The second kappa shape index (κ2) is 9.77. The van der Waals surface area contributed by atoms with Gasteiger partial charge >= 0.3 is 0 Å². The molecule has 0 aliphatic rings. The summed E-state index contributed by atoms with van der Waals surface area (Å²) in [5, 5.41) is 9.04. The molecule has 0 unspecified atom stereocenters. The summed E-state index contributed by atoms with van der Waals surface area (Å²) in [7, 11) is 0. The molecular weight excluding hydrogens is 456 g/mol. The molecule has 0 aliphatic carbocycles. The van der Waals surface area contributed by atoms with E-state index in [4.69, 9.17) is 21.4 Å². The van der Waals surface area contributed by atoms with E-state index in [0.717, 1.165) is 33.3 Å². The fourth-order valence-corrected chi connectivity index (χ4v) is 4.79. The van der Waals surface area contributed by atoms with E-state index in [0.29, 0.717) is 34.4 Å². The number of carbonyl (C=O) groups excluding carboxylic acids is 1. The zero-order valence-electron chi connectivity index (χ0n) is 19.0. The summed E-state index contributed by atoms with van der Waals surface area (Å²) in [5.41, 5.74) is 5.43. The molecule has 6 nitrogen and oxygen atoms in total. The highest BCUT2D eigenvalue weighted by molar-refractivity contribution is 7.16. The number of aryl methyl sites for hydroxylation is 2. The third kappa shape index (κ3) is 4.94. The van der Waals surface area contributed by atoms with E-state index in [2.05, 4.69) is 10.3 Å². The third-order valence-corrected chi connectivity index (χ3v) is 6.86. The molecule has 4 rings (SSSR count). The molecule has 0 radical (unpaired) electrons. The minimum Gasteiger partial charge on any atom is -0.494 e. The van der Waals surface area contributed by atoms with E-state index in [1.165, 1.54) is 11.3 Å².